The second-order valence-corrected chi connectivity index (χ2v) is 6.38. The van der Waals surface area contributed by atoms with Crippen LogP contribution in [0.3, 0.4) is 0 Å². The average molecular weight is 412 g/mol. The molecule has 7 nitrogen and oxygen atoms in total. The maximum atomic E-state index is 12.8. The third kappa shape index (κ3) is 4.37. The van der Waals surface area contributed by atoms with Gasteiger partial charge in [-0.2, -0.15) is 13.2 Å². The van der Waals surface area contributed by atoms with Crippen LogP contribution in [0.1, 0.15) is 17.2 Å². The second kappa shape index (κ2) is 8.16. The number of anilines is 1. The number of benzene rings is 2. The van der Waals surface area contributed by atoms with E-state index in [1.54, 1.807) is 4.90 Å². The van der Waals surface area contributed by atoms with E-state index in [2.05, 4.69) is 0 Å². The molecule has 0 spiro atoms. The highest BCUT2D eigenvalue weighted by atomic mass is 19.4. The zero-order valence-electron chi connectivity index (χ0n) is 15.7. The normalized spacial score (nSPS) is 17.1. The van der Waals surface area contributed by atoms with Gasteiger partial charge in [-0.15, -0.1) is 0 Å². The summed E-state index contributed by atoms with van der Waals surface area (Å²) in [6, 6.07) is 7.52. The van der Waals surface area contributed by atoms with Gasteiger partial charge in [-0.25, -0.2) is 0 Å². The van der Waals surface area contributed by atoms with Crippen LogP contribution in [-0.4, -0.2) is 38.8 Å². The van der Waals surface area contributed by atoms with Gasteiger partial charge >= 0.3 is 6.18 Å². The summed E-state index contributed by atoms with van der Waals surface area (Å²) in [6.07, 6.45) is -4.95. The van der Waals surface area contributed by atoms with Crippen LogP contribution >= 0.6 is 0 Å². The molecular weight excluding hydrogens is 393 g/mol. The van der Waals surface area contributed by atoms with Crippen LogP contribution in [0.25, 0.3) is 0 Å². The third-order valence-electron chi connectivity index (χ3n) is 4.69. The van der Waals surface area contributed by atoms with E-state index in [1.165, 1.54) is 38.5 Å². The number of nitro benzene ring substituents is 1. The van der Waals surface area contributed by atoms with E-state index in [9.17, 15) is 23.3 Å². The fourth-order valence-electron chi connectivity index (χ4n) is 3.21. The molecule has 1 heterocycles. The number of alkyl halides is 3. The lowest BCUT2D eigenvalue weighted by Gasteiger charge is -2.34. The highest BCUT2D eigenvalue weighted by Crippen LogP contribution is 2.41. The summed E-state index contributed by atoms with van der Waals surface area (Å²) in [5.41, 5.74) is -0.0149. The Morgan fingerprint density at radius 2 is 1.76 bits per heavy atom. The van der Waals surface area contributed by atoms with Gasteiger partial charge in [0.2, 0.25) is 0 Å². The van der Waals surface area contributed by atoms with Gasteiger partial charge in [0.1, 0.15) is 11.8 Å². The number of morpholine rings is 1. The zero-order valence-corrected chi connectivity index (χ0v) is 15.7. The zero-order chi connectivity index (χ0) is 21.2. The van der Waals surface area contributed by atoms with Crippen molar-refractivity contribution in [2.75, 3.05) is 38.8 Å². The first kappa shape index (κ1) is 20.7. The van der Waals surface area contributed by atoms with Gasteiger partial charge in [-0.1, -0.05) is 12.1 Å². The molecule has 156 valence electrons. The third-order valence-corrected chi connectivity index (χ3v) is 4.69. The molecule has 1 aliphatic heterocycles. The fraction of sp³-hybridized carbons (Fsp3) is 0.368. The summed E-state index contributed by atoms with van der Waals surface area (Å²) in [7, 11) is 2.81. The molecule has 2 aromatic rings. The molecule has 1 aliphatic rings. The Balaban J connectivity index is 1.90. The van der Waals surface area contributed by atoms with Crippen LogP contribution in [0.5, 0.6) is 11.5 Å². The molecule has 0 bridgehead atoms. The van der Waals surface area contributed by atoms with E-state index < -0.39 is 22.8 Å². The Kier molecular flexibility index (Phi) is 5.83. The summed E-state index contributed by atoms with van der Waals surface area (Å²) < 4.78 is 54.4. The maximum Gasteiger partial charge on any atom is 0.416 e. The minimum absolute atomic E-state index is 0.157. The summed E-state index contributed by atoms with van der Waals surface area (Å²) in [6.45, 7) is 0.881. The Morgan fingerprint density at radius 3 is 2.31 bits per heavy atom. The molecular formula is C19H19F3N2O5. The molecule has 2 aromatic carbocycles. The summed E-state index contributed by atoms with van der Waals surface area (Å²) >= 11 is 0. The number of nitrogens with zero attached hydrogens (tertiary/aromatic N) is 2. The van der Waals surface area contributed by atoms with E-state index in [-0.39, 0.29) is 24.6 Å². The number of halogens is 3. The molecule has 1 fully saturated rings. The number of rotatable bonds is 5. The van der Waals surface area contributed by atoms with E-state index in [0.717, 1.165) is 12.1 Å². The SMILES string of the molecule is COc1cc(N2CCOC(c3ccc(C(F)(F)F)cc3)C2)c([N+](=O)[O-])cc1OC. The van der Waals surface area contributed by atoms with E-state index in [0.29, 0.717) is 23.5 Å². The van der Waals surface area contributed by atoms with Gasteiger partial charge < -0.3 is 19.1 Å². The van der Waals surface area contributed by atoms with Crippen LogP contribution in [0, 0.1) is 10.1 Å². The van der Waals surface area contributed by atoms with E-state index >= 15 is 0 Å². The standard InChI is InChI=1S/C19H19F3N2O5/c1-27-16-9-14(15(24(25)26)10-17(16)28-2)23-7-8-29-18(11-23)12-3-5-13(6-4-12)19(20,21)22/h3-6,9-10,18H,7-8,11H2,1-2H3. The molecule has 1 unspecified atom stereocenters. The van der Waals surface area contributed by atoms with Crippen molar-refractivity contribution in [3.8, 4) is 11.5 Å². The Labute approximate surface area is 164 Å². The van der Waals surface area contributed by atoms with Crippen LogP contribution in [0.2, 0.25) is 0 Å². The quantitative estimate of drug-likeness (QED) is 0.541. The molecule has 29 heavy (non-hydrogen) atoms. The predicted molar refractivity (Wildman–Crippen MR) is 98.6 cm³/mol. The van der Waals surface area contributed by atoms with Gasteiger partial charge in [0.05, 0.1) is 37.4 Å². The summed E-state index contributed by atoms with van der Waals surface area (Å²) in [5.74, 6) is 0.571. The first-order chi connectivity index (χ1) is 13.7. The molecule has 0 amide bonds. The van der Waals surface area contributed by atoms with Crippen LogP contribution in [0.15, 0.2) is 36.4 Å². The molecule has 0 aliphatic carbocycles. The largest absolute Gasteiger partial charge is 0.493 e. The Hall–Kier alpha value is -3.01. The lowest BCUT2D eigenvalue weighted by Crippen LogP contribution is -2.38. The smallest absolute Gasteiger partial charge is 0.416 e. The molecule has 3 rings (SSSR count). The highest BCUT2D eigenvalue weighted by molar-refractivity contribution is 5.70. The van der Waals surface area contributed by atoms with Crippen LogP contribution < -0.4 is 14.4 Å². The van der Waals surface area contributed by atoms with Crippen molar-refractivity contribution >= 4 is 11.4 Å². The molecule has 1 atom stereocenters. The average Bonchev–Trinajstić information content (AvgIpc) is 2.72. The monoisotopic (exact) mass is 412 g/mol. The number of nitro groups is 1. The van der Waals surface area contributed by atoms with Gasteiger partial charge in [0.15, 0.2) is 11.5 Å². The molecule has 0 N–H and O–H groups in total. The van der Waals surface area contributed by atoms with E-state index in [4.69, 9.17) is 14.2 Å². The summed E-state index contributed by atoms with van der Waals surface area (Å²) in [5, 5.41) is 11.6. The van der Waals surface area contributed by atoms with Crippen molar-refractivity contribution in [2.24, 2.45) is 0 Å². The first-order valence-corrected chi connectivity index (χ1v) is 8.68. The maximum absolute atomic E-state index is 12.8. The van der Waals surface area contributed by atoms with Crippen molar-refractivity contribution in [3.05, 3.63) is 57.6 Å². The van der Waals surface area contributed by atoms with Crippen LogP contribution in [-0.2, 0) is 10.9 Å². The van der Waals surface area contributed by atoms with Crippen molar-refractivity contribution in [3.63, 3.8) is 0 Å². The minimum atomic E-state index is -4.42. The lowest BCUT2D eigenvalue weighted by atomic mass is 10.0. The fourth-order valence-corrected chi connectivity index (χ4v) is 3.21. The molecule has 0 aromatic heterocycles. The predicted octanol–water partition coefficient (Wildman–Crippen LogP) is 4.21. The van der Waals surface area contributed by atoms with Crippen molar-refractivity contribution in [2.45, 2.75) is 12.3 Å². The number of ether oxygens (including phenoxy) is 3. The Morgan fingerprint density at radius 1 is 1.14 bits per heavy atom. The molecule has 1 saturated heterocycles. The van der Waals surface area contributed by atoms with Gasteiger partial charge in [0, 0.05) is 19.2 Å². The number of hydrogen-bond donors (Lipinski definition) is 0. The molecule has 0 saturated carbocycles. The minimum Gasteiger partial charge on any atom is -0.493 e. The topological polar surface area (TPSA) is 74.1 Å². The number of hydrogen-bond acceptors (Lipinski definition) is 6. The van der Waals surface area contributed by atoms with Gasteiger partial charge in [0.25, 0.3) is 5.69 Å². The van der Waals surface area contributed by atoms with Crippen molar-refractivity contribution in [1.82, 2.24) is 0 Å². The summed E-state index contributed by atoms with van der Waals surface area (Å²) in [4.78, 5) is 12.8. The van der Waals surface area contributed by atoms with Gasteiger partial charge in [-0.3, -0.25) is 10.1 Å². The van der Waals surface area contributed by atoms with Crippen molar-refractivity contribution in [1.29, 1.82) is 0 Å². The Bertz CT molecular complexity index is 887. The van der Waals surface area contributed by atoms with Crippen molar-refractivity contribution < 1.29 is 32.3 Å². The first-order valence-electron chi connectivity index (χ1n) is 8.68. The molecule has 0 radical (unpaired) electrons. The second-order valence-electron chi connectivity index (χ2n) is 6.38. The van der Waals surface area contributed by atoms with E-state index in [1.807, 2.05) is 0 Å². The van der Waals surface area contributed by atoms with Gasteiger partial charge in [-0.05, 0) is 17.7 Å². The van der Waals surface area contributed by atoms with Crippen LogP contribution in [0.4, 0.5) is 24.5 Å². The number of methoxy groups -OCH3 is 2. The highest BCUT2D eigenvalue weighted by Gasteiger charge is 2.32. The lowest BCUT2D eigenvalue weighted by molar-refractivity contribution is -0.384. The molecule has 10 heteroatoms.